The molecule has 0 aliphatic carbocycles. The molecular weight excluding hydrogens is 228 g/mol. The van der Waals surface area contributed by atoms with Gasteiger partial charge in [0.1, 0.15) is 5.82 Å². The van der Waals surface area contributed by atoms with Crippen LogP contribution < -0.4 is 16.8 Å². The Labute approximate surface area is 97.6 Å². The first-order valence-electron chi connectivity index (χ1n) is 4.38. The van der Waals surface area contributed by atoms with E-state index in [-0.39, 0.29) is 10.9 Å². The van der Waals surface area contributed by atoms with Crippen molar-refractivity contribution in [2.45, 2.75) is 0 Å². The molecule has 1 rings (SSSR count). The number of hydrogen-bond donors (Lipinski definition) is 4. The van der Waals surface area contributed by atoms with Gasteiger partial charge in [-0.25, -0.2) is 0 Å². The van der Waals surface area contributed by atoms with Gasteiger partial charge in [-0.15, -0.1) is 0 Å². The normalized spacial score (nSPS) is 11.6. The lowest BCUT2D eigenvalue weighted by molar-refractivity contribution is 0.100. The van der Waals surface area contributed by atoms with E-state index in [1.807, 2.05) is 0 Å². The van der Waals surface area contributed by atoms with E-state index < -0.39 is 5.91 Å². The molecule has 0 aliphatic rings. The number of nitrogens with one attached hydrogen (secondary N) is 2. The van der Waals surface area contributed by atoms with Crippen LogP contribution in [0.2, 0.25) is 0 Å². The SMILES string of the molecule is N=C/C(Cl)=C(\N)Nc1ccccc1C(N)=O. The fourth-order valence-corrected chi connectivity index (χ4v) is 1.14. The van der Waals surface area contributed by atoms with Crippen LogP contribution in [0.1, 0.15) is 10.4 Å². The van der Waals surface area contributed by atoms with Crippen LogP contribution in [0, 0.1) is 5.41 Å². The maximum atomic E-state index is 11.1. The van der Waals surface area contributed by atoms with E-state index in [0.29, 0.717) is 11.3 Å². The van der Waals surface area contributed by atoms with Crippen molar-refractivity contribution in [1.82, 2.24) is 0 Å². The molecule has 0 atom stereocenters. The molecule has 0 heterocycles. The number of benzene rings is 1. The monoisotopic (exact) mass is 238 g/mol. The zero-order valence-corrected chi connectivity index (χ0v) is 9.08. The van der Waals surface area contributed by atoms with Gasteiger partial charge in [-0.1, -0.05) is 23.7 Å². The predicted octanol–water partition coefficient (Wildman–Crippen LogP) is 1.21. The molecule has 0 bridgehead atoms. The minimum Gasteiger partial charge on any atom is -0.384 e. The smallest absolute Gasteiger partial charge is 0.250 e. The van der Waals surface area contributed by atoms with Crippen LogP contribution >= 0.6 is 11.6 Å². The minimum atomic E-state index is -0.568. The molecule has 0 saturated carbocycles. The lowest BCUT2D eigenvalue weighted by Crippen LogP contribution is -2.17. The standard InChI is InChI=1S/C10H11ClN4O/c11-7(5-12)9(13)15-8-4-2-1-3-6(8)10(14)16/h1-5,12,15H,13H2,(H2,14,16)/b9-7-,12-5?. The second kappa shape index (κ2) is 5.18. The molecule has 84 valence electrons. The van der Waals surface area contributed by atoms with Gasteiger partial charge in [0, 0.05) is 6.21 Å². The molecule has 6 heteroatoms. The first kappa shape index (κ1) is 12.1. The lowest BCUT2D eigenvalue weighted by Gasteiger charge is -2.10. The highest BCUT2D eigenvalue weighted by Gasteiger charge is 2.08. The van der Waals surface area contributed by atoms with E-state index in [2.05, 4.69) is 5.32 Å². The van der Waals surface area contributed by atoms with E-state index in [9.17, 15) is 4.79 Å². The zero-order chi connectivity index (χ0) is 12.1. The largest absolute Gasteiger partial charge is 0.384 e. The van der Waals surface area contributed by atoms with Gasteiger partial charge in [-0.05, 0) is 12.1 Å². The van der Waals surface area contributed by atoms with Gasteiger partial charge in [0.25, 0.3) is 5.91 Å². The quantitative estimate of drug-likeness (QED) is 0.593. The van der Waals surface area contributed by atoms with Gasteiger partial charge < -0.3 is 22.2 Å². The maximum Gasteiger partial charge on any atom is 0.250 e. The van der Waals surface area contributed by atoms with Gasteiger partial charge >= 0.3 is 0 Å². The van der Waals surface area contributed by atoms with Crippen molar-refractivity contribution in [1.29, 1.82) is 5.41 Å². The molecule has 0 saturated heterocycles. The number of halogens is 1. The Bertz CT molecular complexity index is 456. The number of carbonyl (C=O) groups is 1. The molecule has 0 aliphatic heterocycles. The molecule has 1 aromatic rings. The van der Waals surface area contributed by atoms with Crippen LogP contribution in [0.25, 0.3) is 0 Å². The summed E-state index contributed by atoms with van der Waals surface area (Å²) in [7, 11) is 0. The summed E-state index contributed by atoms with van der Waals surface area (Å²) in [6.45, 7) is 0. The Balaban J connectivity index is 3.06. The molecule has 6 N–H and O–H groups in total. The highest BCUT2D eigenvalue weighted by molar-refractivity contribution is 6.39. The number of carbonyl (C=O) groups excluding carboxylic acids is 1. The third-order valence-corrected chi connectivity index (χ3v) is 2.16. The van der Waals surface area contributed by atoms with Gasteiger partial charge in [-0.2, -0.15) is 0 Å². The first-order valence-corrected chi connectivity index (χ1v) is 4.75. The fourth-order valence-electron chi connectivity index (χ4n) is 1.09. The van der Waals surface area contributed by atoms with Crippen molar-refractivity contribution in [2.24, 2.45) is 11.5 Å². The molecule has 1 aromatic carbocycles. The molecule has 16 heavy (non-hydrogen) atoms. The lowest BCUT2D eigenvalue weighted by atomic mass is 10.1. The number of hydrogen-bond acceptors (Lipinski definition) is 4. The Morgan fingerprint density at radius 1 is 1.38 bits per heavy atom. The van der Waals surface area contributed by atoms with E-state index in [0.717, 1.165) is 6.21 Å². The summed E-state index contributed by atoms with van der Waals surface area (Å²) in [5.41, 5.74) is 11.5. The van der Waals surface area contributed by atoms with Crippen LogP contribution in [0.3, 0.4) is 0 Å². The molecular formula is C10H11ClN4O. The van der Waals surface area contributed by atoms with Crippen molar-refractivity contribution in [3.63, 3.8) is 0 Å². The van der Waals surface area contributed by atoms with Crippen LogP contribution in [0.4, 0.5) is 5.69 Å². The topological polar surface area (TPSA) is 105 Å². The number of rotatable bonds is 4. The van der Waals surface area contributed by atoms with E-state index in [1.54, 1.807) is 24.3 Å². The first-order chi connectivity index (χ1) is 7.56. The van der Waals surface area contributed by atoms with Gasteiger partial charge in [0.2, 0.25) is 0 Å². The Kier molecular flexibility index (Phi) is 3.90. The number of para-hydroxylation sites is 1. The number of nitrogens with two attached hydrogens (primary N) is 2. The van der Waals surface area contributed by atoms with Crippen LogP contribution in [0.15, 0.2) is 35.1 Å². The number of allylic oxidation sites excluding steroid dienone is 1. The van der Waals surface area contributed by atoms with E-state index in [1.165, 1.54) is 0 Å². The van der Waals surface area contributed by atoms with Gasteiger partial charge in [0.05, 0.1) is 16.3 Å². The second-order valence-electron chi connectivity index (χ2n) is 2.94. The van der Waals surface area contributed by atoms with E-state index >= 15 is 0 Å². The number of primary amides is 1. The molecule has 0 aromatic heterocycles. The summed E-state index contributed by atoms with van der Waals surface area (Å²) in [5, 5.41) is 9.69. The predicted molar refractivity (Wildman–Crippen MR) is 64.4 cm³/mol. The van der Waals surface area contributed by atoms with Crippen molar-refractivity contribution in [3.05, 3.63) is 40.7 Å². The summed E-state index contributed by atoms with van der Waals surface area (Å²) in [6.07, 6.45) is 0.900. The summed E-state index contributed by atoms with van der Waals surface area (Å²) < 4.78 is 0. The molecule has 0 spiro atoms. The average molecular weight is 239 g/mol. The van der Waals surface area contributed by atoms with Gasteiger partial charge in [0.15, 0.2) is 0 Å². The summed E-state index contributed by atoms with van der Waals surface area (Å²) in [6, 6.07) is 6.61. The number of amides is 1. The van der Waals surface area contributed by atoms with Gasteiger partial charge in [-0.3, -0.25) is 4.79 Å². The second-order valence-corrected chi connectivity index (χ2v) is 3.35. The minimum absolute atomic E-state index is 0.0549. The molecule has 1 amide bonds. The molecule has 0 radical (unpaired) electrons. The Morgan fingerprint density at radius 2 is 2.00 bits per heavy atom. The highest BCUT2D eigenvalue weighted by atomic mass is 35.5. The van der Waals surface area contributed by atoms with Crippen molar-refractivity contribution in [2.75, 3.05) is 5.32 Å². The number of anilines is 1. The van der Waals surface area contributed by atoms with Crippen molar-refractivity contribution < 1.29 is 4.79 Å². The molecule has 0 unspecified atom stereocenters. The summed E-state index contributed by atoms with van der Waals surface area (Å²) in [5.74, 6) is -0.479. The maximum absolute atomic E-state index is 11.1. The van der Waals surface area contributed by atoms with Crippen molar-refractivity contribution in [3.8, 4) is 0 Å². The summed E-state index contributed by atoms with van der Waals surface area (Å²) >= 11 is 5.63. The third kappa shape index (κ3) is 2.74. The van der Waals surface area contributed by atoms with Crippen molar-refractivity contribution >= 4 is 29.4 Å². The Hall–Kier alpha value is -2.01. The van der Waals surface area contributed by atoms with Crippen LogP contribution in [0.5, 0.6) is 0 Å². The third-order valence-electron chi connectivity index (χ3n) is 1.85. The fraction of sp³-hybridized carbons (Fsp3) is 0. The van der Waals surface area contributed by atoms with E-state index in [4.69, 9.17) is 28.5 Å². The highest BCUT2D eigenvalue weighted by Crippen LogP contribution is 2.16. The zero-order valence-electron chi connectivity index (χ0n) is 8.33. The van der Waals surface area contributed by atoms with Crippen LogP contribution in [-0.4, -0.2) is 12.1 Å². The molecule has 0 fully saturated rings. The average Bonchev–Trinajstić information content (AvgIpc) is 2.28. The molecule has 5 nitrogen and oxygen atoms in total. The van der Waals surface area contributed by atoms with Crippen LogP contribution in [-0.2, 0) is 0 Å². The summed E-state index contributed by atoms with van der Waals surface area (Å²) in [4.78, 5) is 11.1. The Morgan fingerprint density at radius 3 is 2.56 bits per heavy atom.